The zero-order valence-electron chi connectivity index (χ0n) is 14.3. The number of allylic oxidation sites excluding steroid dienone is 1. The van der Waals surface area contributed by atoms with Crippen LogP contribution in [0.2, 0.25) is 5.02 Å². The van der Waals surface area contributed by atoms with Crippen LogP contribution in [0.4, 0.5) is 11.4 Å². The first kappa shape index (κ1) is 21.0. The predicted octanol–water partition coefficient (Wildman–Crippen LogP) is -1.15. The Kier molecular flexibility index (Phi) is 7.04. The summed E-state index contributed by atoms with van der Waals surface area (Å²) >= 11 is 5.94. The van der Waals surface area contributed by atoms with Gasteiger partial charge in [0.05, 0.1) is 11.4 Å². The molecule has 1 amide bonds. The van der Waals surface area contributed by atoms with Gasteiger partial charge in [0.2, 0.25) is 6.04 Å². The largest absolute Gasteiger partial charge is 1.00 e. The summed E-state index contributed by atoms with van der Waals surface area (Å²) in [5, 5.41) is 27.0. The Labute approximate surface area is 182 Å². The first-order chi connectivity index (χ1) is 12.4. The number of nitrogens with zero attached hydrogens (tertiary/aromatic N) is 1. The van der Waals surface area contributed by atoms with Crippen molar-refractivity contribution < 1.29 is 49.4 Å². The number of carbonyl (C=O) groups is 2. The molecule has 9 heteroatoms. The Morgan fingerprint density at radius 1 is 1.26 bits per heavy atom. The average molecular weight is 394 g/mol. The van der Waals surface area contributed by atoms with Crippen molar-refractivity contribution in [3.63, 3.8) is 0 Å². The number of nitrogens with one attached hydrogen (secondary N) is 2. The van der Waals surface area contributed by atoms with Crippen LogP contribution < -0.4 is 45.3 Å². The van der Waals surface area contributed by atoms with Gasteiger partial charge in [-0.25, -0.2) is 4.79 Å². The maximum Gasteiger partial charge on any atom is 1.00 e. The molecule has 0 saturated heterocycles. The molecule has 1 aliphatic heterocycles. The molecule has 1 heterocycles. The van der Waals surface area contributed by atoms with Crippen molar-refractivity contribution in [3.05, 3.63) is 71.1 Å². The number of halogens is 1. The number of amides is 1. The molecule has 0 bridgehead atoms. The Balaban J connectivity index is 0.00000261. The van der Waals surface area contributed by atoms with E-state index in [0.717, 1.165) is 6.08 Å². The Hall–Kier alpha value is -2.32. The number of carbonyl (C=O) groups excluding carboxylic acids is 1. The first-order valence-corrected chi connectivity index (χ1v) is 7.94. The van der Waals surface area contributed by atoms with Gasteiger partial charge >= 0.3 is 35.5 Å². The standard InChI is InChI=1S/C18H14ClN3O4.Na/c19-10-6-7-12-13(8-10)22-17(24)16(18(25)26)21-14(12)9-15(23)20-11-4-2-1-3-5-11;/h1-9,16,20,23H,(H,22,24)(H,25,26);/q;+1/p-1. The maximum absolute atomic E-state index is 12.3. The zero-order valence-corrected chi connectivity index (χ0v) is 17.0. The van der Waals surface area contributed by atoms with Gasteiger partial charge in [-0.1, -0.05) is 29.8 Å². The second kappa shape index (κ2) is 9.05. The van der Waals surface area contributed by atoms with E-state index in [1.54, 1.807) is 36.4 Å². The van der Waals surface area contributed by atoms with Crippen molar-refractivity contribution in [2.24, 2.45) is 4.99 Å². The molecule has 1 unspecified atom stereocenters. The molecule has 132 valence electrons. The number of carboxylic acid groups (broad SMARTS) is 1. The number of aliphatic carboxylic acids is 1. The molecule has 27 heavy (non-hydrogen) atoms. The van der Waals surface area contributed by atoms with Gasteiger partial charge in [-0.2, -0.15) is 0 Å². The fourth-order valence-corrected chi connectivity index (χ4v) is 2.59. The first-order valence-electron chi connectivity index (χ1n) is 7.56. The fraction of sp³-hybridized carbons (Fsp3) is 0.0556. The van der Waals surface area contributed by atoms with E-state index in [-0.39, 0.29) is 41.0 Å². The zero-order chi connectivity index (χ0) is 18.7. The summed E-state index contributed by atoms with van der Waals surface area (Å²) in [5.74, 6) is -2.74. The molecule has 0 saturated carbocycles. The molecule has 1 aliphatic rings. The normalized spacial score (nSPS) is 16.2. The molecule has 3 N–H and O–H groups in total. The average Bonchev–Trinajstić information content (AvgIpc) is 2.72. The number of para-hydroxylation sites is 1. The van der Waals surface area contributed by atoms with E-state index < -0.39 is 23.8 Å². The van der Waals surface area contributed by atoms with Gasteiger partial charge in [-0.05, 0) is 42.3 Å². The third kappa shape index (κ3) is 5.11. The van der Waals surface area contributed by atoms with Crippen LogP contribution in [-0.4, -0.2) is 28.7 Å². The van der Waals surface area contributed by atoms with Gasteiger partial charge in [0, 0.05) is 16.3 Å². The topological polar surface area (TPSA) is 114 Å². The molecule has 0 spiro atoms. The van der Waals surface area contributed by atoms with Crippen LogP contribution >= 0.6 is 11.6 Å². The van der Waals surface area contributed by atoms with E-state index in [0.29, 0.717) is 16.3 Å². The Morgan fingerprint density at radius 2 is 1.96 bits per heavy atom. The van der Waals surface area contributed by atoms with Crippen molar-refractivity contribution in [2.75, 3.05) is 10.6 Å². The van der Waals surface area contributed by atoms with Crippen molar-refractivity contribution in [1.29, 1.82) is 0 Å². The molecule has 1 atom stereocenters. The molecular weight excluding hydrogens is 381 g/mol. The van der Waals surface area contributed by atoms with Crippen LogP contribution in [-0.2, 0) is 9.59 Å². The van der Waals surface area contributed by atoms with Crippen molar-refractivity contribution in [3.8, 4) is 0 Å². The quantitative estimate of drug-likeness (QED) is 0.345. The van der Waals surface area contributed by atoms with Crippen LogP contribution in [0.5, 0.6) is 0 Å². The van der Waals surface area contributed by atoms with Crippen LogP contribution in [0.15, 0.2) is 65.5 Å². The van der Waals surface area contributed by atoms with E-state index in [1.165, 1.54) is 6.07 Å². The molecule has 0 aliphatic carbocycles. The molecule has 0 aromatic heterocycles. The van der Waals surface area contributed by atoms with Gasteiger partial charge in [0.15, 0.2) is 0 Å². The summed E-state index contributed by atoms with van der Waals surface area (Å²) in [6.45, 7) is 0. The predicted molar refractivity (Wildman–Crippen MR) is 96.2 cm³/mol. The fourth-order valence-electron chi connectivity index (χ4n) is 2.42. The third-order valence-corrected chi connectivity index (χ3v) is 3.81. The van der Waals surface area contributed by atoms with Crippen LogP contribution in [0.25, 0.3) is 0 Å². The number of rotatable bonds is 4. The van der Waals surface area contributed by atoms with E-state index in [1.807, 2.05) is 6.07 Å². The molecule has 0 radical (unpaired) electrons. The number of benzodiazepines with no additional fused rings is 1. The van der Waals surface area contributed by atoms with Crippen LogP contribution in [0, 0.1) is 0 Å². The summed E-state index contributed by atoms with van der Waals surface area (Å²) in [7, 11) is 0. The van der Waals surface area contributed by atoms with Gasteiger partial charge < -0.3 is 20.8 Å². The van der Waals surface area contributed by atoms with Crippen LogP contribution in [0.1, 0.15) is 5.56 Å². The molecule has 2 aromatic carbocycles. The summed E-state index contributed by atoms with van der Waals surface area (Å²) in [5.41, 5.74) is 1.32. The van der Waals surface area contributed by atoms with Crippen molar-refractivity contribution in [1.82, 2.24) is 0 Å². The minimum Gasteiger partial charge on any atom is -0.860 e. The minimum atomic E-state index is -1.67. The summed E-state index contributed by atoms with van der Waals surface area (Å²) in [4.78, 5) is 27.4. The monoisotopic (exact) mass is 393 g/mol. The Morgan fingerprint density at radius 3 is 2.63 bits per heavy atom. The maximum atomic E-state index is 12.3. The number of benzene rings is 2. The minimum absolute atomic E-state index is 0. The Bertz CT molecular complexity index is 931. The summed E-state index contributed by atoms with van der Waals surface area (Å²) in [6, 6.07) is 11.7. The molecule has 3 rings (SSSR count). The second-order valence-corrected chi connectivity index (χ2v) is 5.87. The van der Waals surface area contributed by atoms with E-state index >= 15 is 0 Å². The van der Waals surface area contributed by atoms with Crippen molar-refractivity contribution in [2.45, 2.75) is 6.04 Å². The number of hydrogen-bond donors (Lipinski definition) is 3. The number of carboxylic acids is 1. The molecule has 7 nitrogen and oxygen atoms in total. The number of anilines is 2. The van der Waals surface area contributed by atoms with Gasteiger partial charge in [-0.15, -0.1) is 0 Å². The summed E-state index contributed by atoms with van der Waals surface area (Å²) in [6.07, 6.45) is 1.15. The summed E-state index contributed by atoms with van der Waals surface area (Å²) < 4.78 is 0. The van der Waals surface area contributed by atoms with Gasteiger partial charge in [0.1, 0.15) is 0 Å². The number of hydrogen-bond acceptors (Lipinski definition) is 5. The molecular formula is C18H13ClN3NaO4. The van der Waals surface area contributed by atoms with Crippen molar-refractivity contribution >= 4 is 40.6 Å². The van der Waals surface area contributed by atoms with E-state index in [9.17, 15) is 19.8 Å². The van der Waals surface area contributed by atoms with E-state index in [4.69, 9.17) is 11.6 Å². The SMILES string of the molecule is O=C(O)C1N=C(C=C([O-])Nc2ccccc2)c2ccc(Cl)cc2NC1=O.[Na+]. The van der Waals surface area contributed by atoms with E-state index in [2.05, 4.69) is 15.6 Å². The smallest absolute Gasteiger partial charge is 0.860 e. The molecule has 0 fully saturated rings. The van der Waals surface area contributed by atoms with Gasteiger partial charge in [-0.3, -0.25) is 9.79 Å². The molecule has 2 aromatic rings. The van der Waals surface area contributed by atoms with Gasteiger partial charge in [0.25, 0.3) is 5.91 Å². The second-order valence-electron chi connectivity index (χ2n) is 5.43. The number of fused-ring (bicyclic) bond motifs is 1. The number of aliphatic imine (C=N–C) groups is 1. The van der Waals surface area contributed by atoms with Crippen LogP contribution in [0.3, 0.4) is 0 Å². The third-order valence-electron chi connectivity index (χ3n) is 3.58.